The van der Waals surface area contributed by atoms with Gasteiger partial charge in [-0.1, -0.05) is 0 Å². The minimum absolute atomic E-state index is 0.183. The summed E-state index contributed by atoms with van der Waals surface area (Å²) in [4.78, 5) is 4.13. The molecule has 1 aromatic rings. The van der Waals surface area contributed by atoms with Crippen molar-refractivity contribution in [3.05, 3.63) is 11.6 Å². The molecule has 5 heteroatoms. The monoisotopic (exact) mass is 167 g/mol. The summed E-state index contributed by atoms with van der Waals surface area (Å²) in [5, 5.41) is 11.2. The zero-order valence-corrected chi connectivity index (χ0v) is 7.33. The van der Waals surface area contributed by atoms with E-state index in [0.717, 1.165) is 11.6 Å². The van der Waals surface area contributed by atoms with Crippen LogP contribution >= 0.6 is 0 Å². The van der Waals surface area contributed by atoms with Gasteiger partial charge >= 0.3 is 0 Å². The first-order valence-electron chi connectivity index (χ1n) is 3.80. The Balaban J connectivity index is 2.62. The summed E-state index contributed by atoms with van der Waals surface area (Å²) < 4.78 is 1.76. The van der Waals surface area contributed by atoms with Crippen LogP contribution in [0.4, 0.5) is 0 Å². The van der Waals surface area contributed by atoms with E-state index in [4.69, 9.17) is 11.1 Å². The smallest absolute Gasteiger partial charge is 0.147 e. The highest BCUT2D eigenvalue weighted by Gasteiger charge is 2.01. The zero-order chi connectivity index (χ0) is 9.14. The maximum atomic E-state index is 7.04. The molecule has 0 spiro atoms. The van der Waals surface area contributed by atoms with Crippen molar-refractivity contribution < 1.29 is 0 Å². The van der Waals surface area contributed by atoms with E-state index in [1.54, 1.807) is 4.68 Å². The van der Waals surface area contributed by atoms with Crippen molar-refractivity contribution in [2.24, 2.45) is 5.73 Å². The fraction of sp³-hybridized carbons (Fsp3) is 0.571. The third-order valence-electron chi connectivity index (χ3n) is 1.56. The molecule has 1 heterocycles. The van der Waals surface area contributed by atoms with Crippen LogP contribution in [0.15, 0.2) is 0 Å². The number of nitrogens with one attached hydrogen (secondary N) is 1. The van der Waals surface area contributed by atoms with Gasteiger partial charge in [0.15, 0.2) is 0 Å². The number of aryl methyl sites for hydroxylation is 3. The van der Waals surface area contributed by atoms with E-state index in [9.17, 15) is 0 Å². The van der Waals surface area contributed by atoms with Crippen LogP contribution in [0.2, 0.25) is 0 Å². The van der Waals surface area contributed by atoms with Crippen molar-refractivity contribution in [3.8, 4) is 0 Å². The molecule has 0 radical (unpaired) electrons. The van der Waals surface area contributed by atoms with Gasteiger partial charge in [-0.05, 0) is 13.8 Å². The van der Waals surface area contributed by atoms with Gasteiger partial charge in [0, 0.05) is 13.0 Å². The lowest BCUT2D eigenvalue weighted by Crippen LogP contribution is -2.14. The molecular formula is C7H13N5. The summed E-state index contributed by atoms with van der Waals surface area (Å²) in [7, 11) is 0. The molecule has 0 fully saturated rings. The number of rotatable bonds is 3. The van der Waals surface area contributed by atoms with Crippen molar-refractivity contribution in [1.82, 2.24) is 14.8 Å². The van der Waals surface area contributed by atoms with Gasteiger partial charge in [0.25, 0.3) is 0 Å². The van der Waals surface area contributed by atoms with Gasteiger partial charge in [-0.3, -0.25) is 5.41 Å². The van der Waals surface area contributed by atoms with E-state index >= 15 is 0 Å². The molecule has 3 N–H and O–H groups in total. The summed E-state index contributed by atoms with van der Waals surface area (Å²) in [5.74, 6) is 1.81. The first-order chi connectivity index (χ1) is 5.59. The molecule has 0 atom stereocenters. The lowest BCUT2D eigenvalue weighted by Gasteiger charge is -2.00. The molecule has 0 aliphatic carbocycles. The summed E-state index contributed by atoms with van der Waals surface area (Å²) in [6, 6.07) is 0. The lowest BCUT2D eigenvalue weighted by molar-refractivity contribution is 0.607. The molecule has 0 aliphatic heterocycles. The number of aromatic nitrogens is 3. The Kier molecular flexibility index (Phi) is 2.42. The molecule has 12 heavy (non-hydrogen) atoms. The maximum Gasteiger partial charge on any atom is 0.147 e. The van der Waals surface area contributed by atoms with Crippen LogP contribution in [0.3, 0.4) is 0 Å². The SMILES string of the molecule is Cc1nc(C)n(CCC(=N)N)n1. The first-order valence-corrected chi connectivity index (χ1v) is 3.80. The van der Waals surface area contributed by atoms with Gasteiger partial charge in [0.05, 0.1) is 5.84 Å². The van der Waals surface area contributed by atoms with Gasteiger partial charge in [0.2, 0.25) is 0 Å². The Morgan fingerprint density at radius 2 is 2.25 bits per heavy atom. The van der Waals surface area contributed by atoms with E-state index in [2.05, 4.69) is 10.1 Å². The molecule has 0 saturated heterocycles. The van der Waals surface area contributed by atoms with E-state index in [1.165, 1.54) is 0 Å². The second-order valence-corrected chi connectivity index (χ2v) is 2.70. The van der Waals surface area contributed by atoms with E-state index in [-0.39, 0.29) is 5.84 Å². The normalized spacial score (nSPS) is 10.2. The van der Waals surface area contributed by atoms with Crippen LogP contribution in [0.1, 0.15) is 18.1 Å². The Morgan fingerprint density at radius 3 is 2.67 bits per heavy atom. The highest BCUT2D eigenvalue weighted by molar-refractivity contribution is 5.76. The van der Waals surface area contributed by atoms with E-state index < -0.39 is 0 Å². The van der Waals surface area contributed by atoms with Crippen LogP contribution in [-0.4, -0.2) is 20.6 Å². The van der Waals surface area contributed by atoms with Crippen molar-refractivity contribution >= 4 is 5.84 Å². The number of nitrogens with two attached hydrogens (primary N) is 1. The predicted molar refractivity (Wildman–Crippen MR) is 46.0 cm³/mol. The summed E-state index contributed by atoms with van der Waals surface area (Å²) in [6.07, 6.45) is 0.531. The fourth-order valence-corrected chi connectivity index (χ4v) is 0.999. The molecule has 66 valence electrons. The highest BCUT2D eigenvalue weighted by Crippen LogP contribution is 1.96. The van der Waals surface area contributed by atoms with Crippen molar-refractivity contribution in [3.63, 3.8) is 0 Å². The zero-order valence-electron chi connectivity index (χ0n) is 7.33. The fourth-order valence-electron chi connectivity index (χ4n) is 0.999. The molecule has 1 rings (SSSR count). The van der Waals surface area contributed by atoms with Crippen LogP contribution in [-0.2, 0) is 6.54 Å². The molecule has 0 aliphatic rings. The largest absolute Gasteiger partial charge is 0.388 e. The molecule has 0 unspecified atom stereocenters. The van der Waals surface area contributed by atoms with Gasteiger partial charge in [-0.15, -0.1) is 0 Å². The van der Waals surface area contributed by atoms with Crippen LogP contribution in [0, 0.1) is 19.3 Å². The molecule has 0 aromatic carbocycles. The second kappa shape index (κ2) is 3.34. The van der Waals surface area contributed by atoms with E-state index in [0.29, 0.717) is 13.0 Å². The first kappa shape index (κ1) is 8.70. The van der Waals surface area contributed by atoms with Gasteiger partial charge in [0.1, 0.15) is 11.6 Å². The molecule has 0 saturated carbocycles. The lowest BCUT2D eigenvalue weighted by atomic mass is 10.4. The maximum absolute atomic E-state index is 7.04. The topological polar surface area (TPSA) is 80.6 Å². The summed E-state index contributed by atoms with van der Waals surface area (Å²) in [6.45, 7) is 4.37. The number of nitrogens with zero attached hydrogens (tertiary/aromatic N) is 3. The Bertz CT molecular complexity index is 288. The minimum Gasteiger partial charge on any atom is -0.388 e. The van der Waals surface area contributed by atoms with Crippen molar-refractivity contribution in [2.75, 3.05) is 0 Å². The standard InChI is InChI=1S/C7H13N5/c1-5-10-6(2)12(11-5)4-3-7(8)9/h3-4H2,1-2H3,(H3,8,9). The third kappa shape index (κ3) is 2.05. The van der Waals surface area contributed by atoms with Crippen molar-refractivity contribution in [1.29, 1.82) is 5.41 Å². The van der Waals surface area contributed by atoms with Gasteiger partial charge < -0.3 is 5.73 Å². The Morgan fingerprint density at radius 1 is 1.58 bits per heavy atom. The molecule has 0 bridgehead atoms. The number of hydrogen-bond acceptors (Lipinski definition) is 3. The molecule has 1 aromatic heterocycles. The van der Waals surface area contributed by atoms with Gasteiger partial charge in [-0.2, -0.15) is 5.10 Å². The highest BCUT2D eigenvalue weighted by atomic mass is 15.3. The summed E-state index contributed by atoms with van der Waals surface area (Å²) in [5.41, 5.74) is 5.22. The summed E-state index contributed by atoms with van der Waals surface area (Å²) >= 11 is 0. The predicted octanol–water partition coefficient (Wildman–Crippen LogP) is 0.221. The minimum atomic E-state index is 0.183. The van der Waals surface area contributed by atoms with Crippen molar-refractivity contribution in [2.45, 2.75) is 26.8 Å². The Hall–Kier alpha value is -1.39. The Labute approximate surface area is 71.1 Å². The van der Waals surface area contributed by atoms with E-state index in [1.807, 2.05) is 13.8 Å². The second-order valence-electron chi connectivity index (χ2n) is 2.70. The average molecular weight is 167 g/mol. The molecule has 0 amide bonds. The molecular weight excluding hydrogens is 154 g/mol. The van der Waals surface area contributed by atoms with Gasteiger partial charge in [-0.25, -0.2) is 9.67 Å². The number of hydrogen-bond donors (Lipinski definition) is 2. The average Bonchev–Trinajstić information content (AvgIpc) is 2.26. The quantitative estimate of drug-likeness (QED) is 0.499. The van der Waals surface area contributed by atoms with Crippen LogP contribution < -0.4 is 5.73 Å². The van der Waals surface area contributed by atoms with Crippen LogP contribution in [0.5, 0.6) is 0 Å². The third-order valence-corrected chi connectivity index (χ3v) is 1.56. The molecule has 5 nitrogen and oxygen atoms in total. The number of amidine groups is 1. The van der Waals surface area contributed by atoms with Crippen LogP contribution in [0.25, 0.3) is 0 Å².